The summed E-state index contributed by atoms with van der Waals surface area (Å²) in [5.74, 6) is -0.287. The molecule has 0 radical (unpaired) electrons. The molecular formula is C13H21Br4N2O2+. The second-order valence-electron chi connectivity index (χ2n) is 4.92. The Morgan fingerprint density at radius 2 is 1.29 bits per heavy atom. The summed E-state index contributed by atoms with van der Waals surface area (Å²) >= 11 is 2.80. The van der Waals surface area contributed by atoms with Crippen molar-refractivity contribution >= 4 is 84.6 Å². The highest BCUT2D eigenvalue weighted by Crippen LogP contribution is 2.15. The highest BCUT2D eigenvalue weighted by molar-refractivity contribution is 9.08. The van der Waals surface area contributed by atoms with Crippen molar-refractivity contribution in [1.29, 1.82) is 0 Å². The number of para-hydroxylation sites is 1. The van der Waals surface area contributed by atoms with Crippen LogP contribution in [0.15, 0.2) is 30.3 Å². The minimum atomic E-state index is -0.144. The van der Waals surface area contributed by atoms with Crippen LogP contribution in [0.2, 0.25) is 0 Å². The van der Waals surface area contributed by atoms with Crippen LogP contribution >= 0.6 is 67.1 Å². The van der Waals surface area contributed by atoms with Crippen molar-refractivity contribution in [3.8, 4) is 0 Å². The number of hydrogen-bond acceptors (Lipinski definition) is 2. The lowest BCUT2D eigenvalue weighted by molar-refractivity contribution is -0.131. The monoisotopic (exact) mass is 553 g/mol. The Morgan fingerprint density at radius 1 is 0.905 bits per heavy atom. The van der Waals surface area contributed by atoms with E-state index in [0.717, 1.165) is 8.41 Å². The van der Waals surface area contributed by atoms with Crippen molar-refractivity contribution < 1.29 is 9.59 Å². The van der Waals surface area contributed by atoms with Gasteiger partial charge >= 0.3 is 0 Å². The van der Waals surface area contributed by atoms with Gasteiger partial charge in [-0.1, -0.05) is 18.2 Å². The molecule has 1 saturated heterocycles. The van der Waals surface area contributed by atoms with Crippen molar-refractivity contribution in [2.45, 2.75) is 12.8 Å². The van der Waals surface area contributed by atoms with Gasteiger partial charge in [-0.15, -0.1) is 50.9 Å². The molecule has 0 aromatic heterocycles. The molecule has 1 aliphatic heterocycles. The van der Waals surface area contributed by atoms with Gasteiger partial charge in [0.05, 0.1) is 37.3 Å². The molecule has 2 amide bonds. The predicted octanol–water partition coefficient (Wildman–Crippen LogP) is 4.06. The molecule has 1 aliphatic rings. The highest BCUT2D eigenvalue weighted by atomic mass is 79.9. The van der Waals surface area contributed by atoms with E-state index in [-0.39, 0.29) is 62.8 Å². The lowest BCUT2D eigenvalue weighted by atomic mass is 10.3. The number of quaternary nitrogens is 1. The van der Waals surface area contributed by atoms with Gasteiger partial charge in [-0.05, 0) is 12.1 Å². The van der Waals surface area contributed by atoms with Gasteiger partial charge in [0.15, 0.2) is 0 Å². The van der Waals surface area contributed by atoms with Crippen LogP contribution in [0.1, 0.15) is 12.8 Å². The van der Waals surface area contributed by atoms with E-state index < -0.39 is 0 Å². The number of hydrogen-bond donors (Lipinski definition) is 0. The first-order valence-corrected chi connectivity index (χ1v) is 6.42. The number of benzene rings is 1. The molecule has 4 nitrogen and oxygen atoms in total. The highest BCUT2D eigenvalue weighted by Gasteiger charge is 2.26. The Labute approximate surface area is 166 Å². The second-order valence-corrected chi connectivity index (χ2v) is 5.63. The average molecular weight is 557 g/mol. The third kappa shape index (κ3) is 9.07. The number of rotatable bonds is 1. The van der Waals surface area contributed by atoms with E-state index in [4.69, 9.17) is 0 Å². The molecule has 1 aromatic carbocycles. The number of carbonyl (C=O) groups excluding carboxylic acids is 2. The maximum atomic E-state index is 10.4. The van der Waals surface area contributed by atoms with Crippen molar-refractivity contribution in [3.05, 3.63) is 30.3 Å². The van der Waals surface area contributed by atoms with E-state index in [0.29, 0.717) is 12.8 Å². The van der Waals surface area contributed by atoms with E-state index >= 15 is 0 Å². The van der Waals surface area contributed by atoms with E-state index in [1.165, 1.54) is 5.69 Å². The summed E-state index contributed by atoms with van der Waals surface area (Å²) in [4.78, 5) is 20.9. The van der Waals surface area contributed by atoms with E-state index in [1.807, 2.05) is 6.07 Å². The van der Waals surface area contributed by atoms with Gasteiger partial charge in [0.2, 0.25) is 11.8 Å². The summed E-state index contributed by atoms with van der Waals surface area (Å²) in [5, 5.41) is 0. The van der Waals surface area contributed by atoms with Crippen LogP contribution < -0.4 is 4.48 Å². The number of imide groups is 1. The maximum Gasteiger partial charge on any atom is 0.239 e. The van der Waals surface area contributed by atoms with Crippen LogP contribution in [0.25, 0.3) is 0 Å². The Morgan fingerprint density at radius 3 is 1.48 bits per heavy atom. The Balaban J connectivity index is -0.000000274. The third-order valence-electron chi connectivity index (χ3n) is 2.52. The SMILES string of the molecule is Br.Br.Br.C[N+](C)(C)c1ccccc1.O=C1CCC(=O)N1Br. The van der Waals surface area contributed by atoms with Crippen LogP contribution in [0.4, 0.5) is 5.69 Å². The fraction of sp³-hybridized carbons (Fsp3) is 0.385. The summed E-state index contributed by atoms with van der Waals surface area (Å²) in [7, 11) is 6.49. The van der Waals surface area contributed by atoms with Gasteiger partial charge in [-0.3, -0.25) is 14.1 Å². The zero-order valence-corrected chi connectivity index (χ0v) is 18.8. The zero-order valence-electron chi connectivity index (χ0n) is 12.1. The van der Waals surface area contributed by atoms with Crippen LogP contribution in [-0.2, 0) is 9.59 Å². The summed E-state index contributed by atoms with van der Waals surface area (Å²) in [6.45, 7) is 0. The molecule has 0 atom stereocenters. The van der Waals surface area contributed by atoms with E-state index in [1.54, 1.807) is 0 Å². The van der Waals surface area contributed by atoms with Crippen LogP contribution in [0.3, 0.4) is 0 Å². The molecule has 0 N–H and O–H groups in total. The number of amides is 2. The maximum absolute atomic E-state index is 10.4. The molecule has 1 aromatic rings. The zero-order chi connectivity index (χ0) is 13.8. The summed E-state index contributed by atoms with van der Waals surface area (Å²) in [5.41, 5.74) is 1.34. The normalized spacial score (nSPS) is 13.2. The predicted molar refractivity (Wildman–Crippen MR) is 107 cm³/mol. The number of nitrogens with zero attached hydrogens (tertiary/aromatic N) is 2. The largest absolute Gasteiger partial charge is 0.298 e. The second kappa shape index (κ2) is 11.8. The quantitative estimate of drug-likeness (QED) is 0.297. The van der Waals surface area contributed by atoms with Crippen LogP contribution in [-0.4, -0.2) is 36.9 Å². The molecular weight excluding hydrogens is 536 g/mol. The smallest absolute Gasteiger partial charge is 0.239 e. The average Bonchev–Trinajstić information content (AvgIpc) is 2.62. The van der Waals surface area contributed by atoms with Gasteiger partial charge in [-0.25, -0.2) is 3.93 Å². The molecule has 0 saturated carbocycles. The minimum Gasteiger partial charge on any atom is -0.298 e. The van der Waals surface area contributed by atoms with Gasteiger partial charge < -0.3 is 0 Å². The molecule has 122 valence electrons. The van der Waals surface area contributed by atoms with Gasteiger partial charge in [0.25, 0.3) is 0 Å². The molecule has 0 unspecified atom stereocenters. The lowest BCUT2D eigenvalue weighted by Gasteiger charge is -2.22. The Bertz CT molecular complexity index is 420. The van der Waals surface area contributed by atoms with Gasteiger partial charge in [0, 0.05) is 12.8 Å². The van der Waals surface area contributed by atoms with Crippen molar-refractivity contribution in [2.24, 2.45) is 0 Å². The summed E-state index contributed by atoms with van der Waals surface area (Å²) in [6.07, 6.45) is 0.703. The van der Waals surface area contributed by atoms with Crippen LogP contribution in [0, 0.1) is 0 Å². The minimum absolute atomic E-state index is 0. The number of halogens is 4. The van der Waals surface area contributed by atoms with Crippen molar-refractivity contribution in [1.82, 2.24) is 8.41 Å². The molecule has 0 spiro atoms. The molecule has 1 heterocycles. The fourth-order valence-electron chi connectivity index (χ4n) is 1.42. The molecule has 21 heavy (non-hydrogen) atoms. The number of carbonyl (C=O) groups is 2. The molecule has 0 aliphatic carbocycles. The van der Waals surface area contributed by atoms with E-state index in [9.17, 15) is 9.59 Å². The standard InChI is InChI=1S/C9H14N.C4H4BrNO2.3BrH/c1-10(2,3)9-7-5-4-6-8-9;5-6-3(7)1-2-4(6)8;;;/h4-8H,1-3H3;1-2H2;3*1H/q+1;;;;. The first-order chi connectivity index (χ1) is 8.32. The van der Waals surface area contributed by atoms with E-state index in [2.05, 4.69) is 61.6 Å². The topological polar surface area (TPSA) is 37.4 Å². The molecule has 0 bridgehead atoms. The van der Waals surface area contributed by atoms with Crippen LogP contribution in [0.5, 0.6) is 0 Å². The van der Waals surface area contributed by atoms with Gasteiger partial charge in [-0.2, -0.15) is 0 Å². The summed E-state index contributed by atoms with van der Waals surface area (Å²) in [6, 6.07) is 10.5. The molecule has 8 heteroatoms. The fourth-order valence-corrected chi connectivity index (χ4v) is 1.78. The molecule has 1 fully saturated rings. The first-order valence-electron chi connectivity index (χ1n) is 5.71. The van der Waals surface area contributed by atoms with Crippen molar-refractivity contribution in [3.63, 3.8) is 0 Å². The lowest BCUT2D eigenvalue weighted by Crippen LogP contribution is -2.34. The first kappa shape index (κ1) is 26.2. The Kier molecular flexibility index (Phi) is 14.6. The summed E-state index contributed by atoms with van der Waals surface area (Å²) < 4.78 is 1.87. The third-order valence-corrected chi connectivity index (χ3v) is 3.31. The molecule has 2 rings (SSSR count). The Hall–Kier alpha value is 0.240. The van der Waals surface area contributed by atoms with Crippen molar-refractivity contribution in [2.75, 3.05) is 21.1 Å². The van der Waals surface area contributed by atoms with Gasteiger partial charge in [0.1, 0.15) is 5.69 Å².